The summed E-state index contributed by atoms with van der Waals surface area (Å²) in [4.78, 5) is 10.6. The summed E-state index contributed by atoms with van der Waals surface area (Å²) in [6.07, 6.45) is 7.32. The molecule has 0 saturated carbocycles. The first-order valence-electron chi connectivity index (χ1n) is 5.26. The van der Waals surface area contributed by atoms with Crippen LogP contribution in [-0.4, -0.2) is 26.2 Å². The summed E-state index contributed by atoms with van der Waals surface area (Å²) in [6.45, 7) is 0. The molecule has 3 heterocycles. The molecule has 0 fully saturated rings. The predicted molar refractivity (Wildman–Crippen MR) is 66.9 cm³/mol. The summed E-state index contributed by atoms with van der Waals surface area (Å²) in [5, 5.41) is 13.5. The quantitative estimate of drug-likeness (QED) is 0.593. The van der Waals surface area contributed by atoms with Crippen LogP contribution >= 0.6 is 0 Å². The minimum atomic E-state index is 0.607. The molecule has 0 aliphatic heterocycles. The number of anilines is 2. The third kappa shape index (κ3) is 1.49. The minimum Gasteiger partial charge on any atom is -0.397 e. The smallest absolute Gasteiger partial charge is 0.211 e. The number of nitrogen functional groups attached to an aromatic ring is 1. The van der Waals surface area contributed by atoms with E-state index >= 15 is 0 Å². The number of rotatable bonds is 3. The molecule has 3 aromatic heterocycles. The van der Waals surface area contributed by atoms with Gasteiger partial charge in [0.1, 0.15) is 0 Å². The van der Waals surface area contributed by atoms with Crippen LogP contribution in [0.5, 0.6) is 0 Å². The molecule has 3 rings (SSSR count). The molecule has 0 radical (unpaired) electrons. The molecule has 0 saturated heterocycles. The zero-order valence-corrected chi connectivity index (χ0v) is 9.29. The molecule has 0 spiro atoms. The Kier molecular flexibility index (Phi) is 2.23. The van der Waals surface area contributed by atoms with Gasteiger partial charge in [0.05, 0.1) is 35.5 Å². The van der Waals surface area contributed by atoms with Crippen molar-refractivity contribution in [3.63, 3.8) is 0 Å². The van der Waals surface area contributed by atoms with Crippen molar-refractivity contribution in [2.45, 2.75) is 0 Å². The second-order valence-corrected chi connectivity index (χ2v) is 3.79. The van der Waals surface area contributed by atoms with Crippen LogP contribution in [0.1, 0.15) is 0 Å². The molecule has 0 bridgehead atoms. The number of fused-ring (bicyclic) bond motifs is 1. The van der Waals surface area contributed by atoms with Crippen LogP contribution < -0.4 is 11.1 Å². The number of nitrogens with two attached hydrogens (primary N) is 1. The fraction of sp³-hybridized carbons (Fsp3) is 0. The van der Waals surface area contributed by atoms with E-state index in [0.29, 0.717) is 17.8 Å². The number of aromatic amines is 1. The lowest BCUT2D eigenvalue weighted by atomic mass is 10.1. The van der Waals surface area contributed by atoms with Gasteiger partial charge in [-0.15, -0.1) is 0 Å². The van der Waals surface area contributed by atoms with Gasteiger partial charge < -0.3 is 11.1 Å². The first kappa shape index (κ1) is 10.3. The molecule has 0 aliphatic carbocycles. The van der Waals surface area contributed by atoms with Gasteiger partial charge in [0, 0.05) is 17.3 Å². The maximum atomic E-state index is 10.6. The van der Waals surface area contributed by atoms with Crippen LogP contribution in [-0.2, 0) is 4.79 Å². The number of nitrogens with one attached hydrogen (secondary N) is 2. The maximum Gasteiger partial charge on any atom is 0.211 e. The first-order valence-corrected chi connectivity index (χ1v) is 5.26. The minimum absolute atomic E-state index is 0.607. The molecule has 0 aliphatic rings. The third-order valence-corrected chi connectivity index (χ3v) is 2.66. The fourth-order valence-electron chi connectivity index (χ4n) is 1.94. The molecular formula is C11H10N6O. The Morgan fingerprint density at radius 3 is 3.06 bits per heavy atom. The second kappa shape index (κ2) is 3.88. The Hall–Kier alpha value is -2.83. The molecule has 18 heavy (non-hydrogen) atoms. The highest BCUT2D eigenvalue weighted by Crippen LogP contribution is 2.32. The van der Waals surface area contributed by atoms with Gasteiger partial charge in [-0.05, 0) is 6.07 Å². The van der Waals surface area contributed by atoms with E-state index in [1.165, 1.54) is 0 Å². The molecule has 3 aromatic rings. The van der Waals surface area contributed by atoms with E-state index in [-0.39, 0.29) is 0 Å². The van der Waals surface area contributed by atoms with Crippen LogP contribution in [0.25, 0.3) is 16.6 Å². The molecule has 7 nitrogen and oxygen atoms in total. The van der Waals surface area contributed by atoms with Crippen LogP contribution in [0.2, 0.25) is 0 Å². The van der Waals surface area contributed by atoms with Crippen molar-refractivity contribution in [1.29, 1.82) is 0 Å². The monoisotopic (exact) mass is 242 g/mol. The summed E-state index contributed by atoms with van der Waals surface area (Å²) < 4.78 is 1.66. The summed E-state index contributed by atoms with van der Waals surface area (Å²) in [6, 6.07) is 1.80. The average molecular weight is 242 g/mol. The fourth-order valence-corrected chi connectivity index (χ4v) is 1.94. The van der Waals surface area contributed by atoms with Crippen LogP contribution in [0, 0.1) is 0 Å². The van der Waals surface area contributed by atoms with Crippen LogP contribution in [0.15, 0.2) is 30.9 Å². The Morgan fingerprint density at radius 1 is 1.44 bits per heavy atom. The van der Waals surface area contributed by atoms with Gasteiger partial charge >= 0.3 is 0 Å². The topological polar surface area (TPSA) is 101 Å². The lowest BCUT2D eigenvalue weighted by Gasteiger charge is -2.08. The highest BCUT2D eigenvalue weighted by molar-refractivity contribution is 5.94. The zero-order valence-electron chi connectivity index (χ0n) is 9.29. The Balaban J connectivity index is 2.35. The van der Waals surface area contributed by atoms with Gasteiger partial charge in [0.15, 0.2) is 0 Å². The van der Waals surface area contributed by atoms with Gasteiger partial charge in [-0.3, -0.25) is 9.89 Å². The zero-order chi connectivity index (χ0) is 12.5. The number of hydrogen-bond donors (Lipinski definition) is 3. The second-order valence-electron chi connectivity index (χ2n) is 3.79. The molecule has 7 heteroatoms. The highest BCUT2D eigenvalue weighted by atomic mass is 16.1. The molecule has 4 N–H and O–H groups in total. The Morgan fingerprint density at radius 2 is 2.33 bits per heavy atom. The number of hydrogen-bond acceptors (Lipinski definition) is 4. The third-order valence-electron chi connectivity index (χ3n) is 2.66. The molecule has 0 aromatic carbocycles. The van der Waals surface area contributed by atoms with Crippen molar-refractivity contribution < 1.29 is 4.79 Å². The van der Waals surface area contributed by atoms with E-state index in [2.05, 4.69) is 20.6 Å². The predicted octanol–water partition coefficient (Wildman–Crippen LogP) is 0.875. The van der Waals surface area contributed by atoms with Crippen molar-refractivity contribution in [3.8, 4) is 11.1 Å². The van der Waals surface area contributed by atoms with E-state index in [1.54, 1.807) is 35.4 Å². The first-order chi connectivity index (χ1) is 8.79. The maximum absolute atomic E-state index is 10.6. The molecular weight excluding hydrogens is 232 g/mol. The van der Waals surface area contributed by atoms with E-state index < -0.39 is 0 Å². The largest absolute Gasteiger partial charge is 0.397 e. The Bertz CT molecular complexity index is 700. The number of carbonyl (C=O) groups excluding carboxylic acids is 1. The van der Waals surface area contributed by atoms with Crippen LogP contribution in [0.3, 0.4) is 0 Å². The SMILES string of the molecule is Nc1cc2c(-c3cn[nH]c3)c(NC=O)cnn2c1. The van der Waals surface area contributed by atoms with E-state index in [9.17, 15) is 4.79 Å². The van der Waals surface area contributed by atoms with Crippen molar-refractivity contribution in [2.75, 3.05) is 11.1 Å². The summed E-state index contributed by atoms with van der Waals surface area (Å²) in [7, 11) is 0. The summed E-state index contributed by atoms with van der Waals surface area (Å²) in [5.41, 5.74) is 9.46. The molecule has 1 amide bonds. The van der Waals surface area contributed by atoms with Gasteiger partial charge in [0.25, 0.3) is 0 Å². The number of nitrogens with zero attached hydrogens (tertiary/aromatic N) is 3. The lowest BCUT2D eigenvalue weighted by Crippen LogP contribution is -2.00. The van der Waals surface area contributed by atoms with E-state index in [4.69, 9.17) is 5.73 Å². The van der Waals surface area contributed by atoms with Gasteiger partial charge in [0.2, 0.25) is 6.41 Å². The number of aromatic nitrogens is 4. The molecule has 0 unspecified atom stereocenters. The summed E-state index contributed by atoms with van der Waals surface area (Å²) in [5.74, 6) is 0. The number of carbonyl (C=O) groups is 1. The van der Waals surface area contributed by atoms with Crippen molar-refractivity contribution in [2.24, 2.45) is 0 Å². The molecule has 0 atom stereocenters. The Labute approximate surface area is 102 Å². The van der Waals surface area contributed by atoms with Crippen molar-refractivity contribution in [3.05, 3.63) is 30.9 Å². The van der Waals surface area contributed by atoms with Gasteiger partial charge in [-0.2, -0.15) is 10.2 Å². The van der Waals surface area contributed by atoms with E-state index in [1.807, 2.05) is 0 Å². The van der Waals surface area contributed by atoms with Gasteiger partial charge in [-0.1, -0.05) is 0 Å². The normalized spacial score (nSPS) is 10.7. The van der Waals surface area contributed by atoms with E-state index in [0.717, 1.165) is 16.6 Å². The van der Waals surface area contributed by atoms with Crippen LogP contribution in [0.4, 0.5) is 11.4 Å². The molecule has 90 valence electrons. The van der Waals surface area contributed by atoms with Crippen molar-refractivity contribution in [1.82, 2.24) is 19.8 Å². The number of H-pyrrole nitrogens is 1. The van der Waals surface area contributed by atoms with Gasteiger partial charge in [-0.25, -0.2) is 4.52 Å². The standard InChI is InChI=1S/C11H10N6O/c12-8-1-10-11(7-2-14-15-3-7)9(13-6-18)4-16-17(10)5-8/h1-6H,12H2,(H,13,18)(H,14,15). The highest BCUT2D eigenvalue weighted by Gasteiger charge is 2.13. The number of amides is 1. The average Bonchev–Trinajstić information content (AvgIpc) is 2.97. The summed E-state index contributed by atoms with van der Waals surface area (Å²) >= 11 is 0. The lowest BCUT2D eigenvalue weighted by molar-refractivity contribution is -0.105. The van der Waals surface area contributed by atoms with Crippen molar-refractivity contribution >= 4 is 23.3 Å².